The SMILES string of the molecule is Fc1ccc(NC2CCOC2Cl)c(F)c1F. The third-order valence-corrected chi connectivity index (χ3v) is 2.83. The van der Waals surface area contributed by atoms with Crippen molar-refractivity contribution in [2.45, 2.75) is 18.0 Å². The highest BCUT2D eigenvalue weighted by atomic mass is 35.5. The van der Waals surface area contributed by atoms with Gasteiger partial charge in [0.05, 0.1) is 18.3 Å². The van der Waals surface area contributed by atoms with E-state index in [0.717, 1.165) is 12.1 Å². The van der Waals surface area contributed by atoms with Crippen LogP contribution >= 0.6 is 11.6 Å². The minimum absolute atomic E-state index is 0.111. The Morgan fingerprint density at radius 3 is 2.62 bits per heavy atom. The van der Waals surface area contributed by atoms with E-state index < -0.39 is 23.0 Å². The number of nitrogens with one attached hydrogen (secondary N) is 1. The first kappa shape index (κ1) is 11.5. The lowest BCUT2D eigenvalue weighted by Crippen LogP contribution is -2.25. The van der Waals surface area contributed by atoms with E-state index in [1.165, 1.54) is 0 Å². The van der Waals surface area contributed by atoms with Gasteiger partial charge in [-0.3, -0.25) is 0 Å². The summed E-state index contributed by atoms with van der Waals surface area (Å²) in [5.74, 6) is -3.95. The van der Waals surface area contributed by atoms with Crippen LogP contribution in [0.4, 0.5) is 18.9 Å². The molecule has 1 heterocycles. The molecule has 2 unspecified atom stereocenters. The van der Waals surface area contributed by atoms with Gasteiger partial charge in [0.2, 0.25) is 0 Å². The molecule has 6 heteroatoms. The maximum Gasteiger partial charge on any atom is 0.196 e. The molecule has 88 valence electrons. The van der Waals surface area contributed by atoms with E-state index >= 15 is 0 Å². The Morgan fingerprint density at radius 2 is 2.00 bits per heavy atom. The Balaban J connectivity index is 2.18. The van der Waals surface area contributed by atoms with Gasteiger partial charge in [-0.05, 0) is 18.6 Å². The zero-order valence-electron chi connectivity index (χ0n) is 8.14. The van der Waals surface area contributed by atoms with Crippen LogP contribution in [-0.4, -0.2) is 18.2 Å². The molecule has 1 aliphatic rings. The van der Waals surface area contributed by atoms with Crippen LogP contribution in [0.15, 0.2) is 12.1 Å². The summed E-state index contributed by atoms with van der Waals surface area (Å²) in [4.78, 5) is 0. The zero-order valence-corrected chi connectivity index (χ0v) is 8.90. The third-order valence-electron chi connectivity index (χ3n) is 2.40. The Labute approximate surface area is 95.3 Å². The van der Waals surface area contributed by atoms with E-state index in [2.05, 4.69) is 5.32 Å². The standard InChI is InChI=1S/C10H9ClF3NO/c11-10-7(3-4-16-10)15-6-2-1-5(12)8(13)9(6)14/h1-2,7,10,15H,3-4H2. The van der Waals surface area contributed by atoms with Gasteiger partial charge in [0.25, 0.3) is 0 Å². The molecule has 0 radical (unpaired) electrons. The fraction of sp³-hybridized carbons (Fsp3) is 0.400. The molecule has 2 atom stereocenters. The van der Waals surface area contributed by atoms with Crippen LogP contribution in [-0.2, 0) is 4.74 Å². The number of halogens is 4. The van der Waals surface area contributed by atoms with Crippen LogP contribution in [0.5, 0.6) is 0 Å². The molecule has 1 aromatic rings. The maximum atomic E-state index is 13.3. The first-order valence-corrected chi connectivity index (χ1v) is 5.19. The zero-order chi connectivity index (χ0) is 11.7. The van der Waals surface area contributed by atoms with Gasteiger partial charge < -0.3 is 10.1 Å². The molecule has 1 aliphatic heterocycles. The molecule has 0 amide bonds. The van der Waals surface area contributed by atoms with Gasteiger partial charge in [-0.2, -0.15) is 0 Å². The average Bonchev–Trinajstić information content (AvgIpc) is 2.65. The summed E-state index contributed by atoms with van der Waals surface area (Å²) in [6.45, 7) is 0.455. The van der Waals surface area contributed by atoms with Crippen molar-refractivity contribution in [2.24, 2.45) is 0 Å². The largest absolute Gasteiger partial charge is 0.376 e. The van der Waals surface area contributed by atoms with Crippen molar-refractivity contribution < 1.29 is 17.9 Å². The molecule has 0 aromatic heterocycles. The molecule has 2 nitrogen and oxygen atoms in total. The van der Waals surface area contributed by atoms with Gasteiger partial charge in [0.1, 0.15) is 0 Å². The number of hydrogen-bond acceptors (Lipinski definition) is 2. The monoisotopic (exact) mass is 251 g/mol. The van der Waals surface area contributed by atoms with Crippen molar-refractivity contribution in [3.63, 3.8) is 0 Å². The van der Waals surface area contributed by atoms with E-state index in [-0.39, 0.29) is 11.7 Å². The number of ether oxygens (including phenoxy) is 1. The molecule has 0 bridgehead atoms. The highest BCUT2D eigenvalue weighted by Crippen LogP contribution is 2.25. The Morgan fingerprint density at radius 1 is 1.25 bits per heavy atom. The summed E-state index contributed by atoms with van der Waals surface area (Å²) >= 11 is 5.78. The van der Waals surface area contributed by atoms with E-state index in [4.69, 9.17) is 16.3 Å². The minimum Gasteiger partial charge on any atom is -0.376 e. The fourth-order valence-corrected chi connectivity index (χ4v) is 1.81. The van der Waals surface area contributed by atoms with Crippen molar-refractivity contribution in [2.75, 3.05) is 11.9 Å². The first-order chi connectivity index (χ1) is 7.59. The summed E-state index contributed by atoms with van der Waals surface area (Å²) < 4.78 is 43.9. The number of anilines is 1. The van der Waals surface area contributed by atoms with Crippen LogP contribution < -0.4 is 5.32 Å². The van der Waals surface area contributed by atoms with Crippen molar-refractivity contribution >= 4 is 17.3 Å². The number of alkyl halides is 1. The van der Waals surface area contributed by atoms with Crippen LogP contribution in [0.25, 0.3) is 0 Å². The molecule has 2 rings (SSSR count). The van der Waals surface area contributed by atoms with E-state index in [1.54, 1.807) is 0 Å². The van der Waals surface area contributed by atoms with Crippen LogP contribution in [0.2, 0.25) is 0 Å². The van der Waals surface area contributed by atoms with Gasteiger partial charge in [-0.1, -0.05) is 11.6 Å². The van der Waals surface area contributed by atoms with Crippen LogP contribution in [0, 0.1) is 17.5 Å². The maximum absolute atomic E-state index is 13.3. The predicted molar refractivity (Wildman–Crippen MR) is 53.9 cm³/mol. The second-order valence-corrected chi connectivity index (χ2v) is 3.91. The second-order valence-electron chi connectivity index (χ2n) is 3.48. The van der Waals surface area contributed by atoms with Crippen molar-refractivity contribution in [1.29, 1.82) is 0 Å². The summed E-state index contributed by atoms with van der Waals surface area (Å²) in [5, 5.41) is 2.69. The molecule has 1 fully saturated rings. The molecule has 1 aromatic carbocycles. The van der Waals surface area contributed by atoms with Gasteiger partial charge in [-0.25, -0.2) is 13.2 Å². The third kappa shape index (κ3) is 2.10. The molecule has 1 saturated heterocycles. The lowest BCUT2D eigenvalue weighted by atomic mass is 10.2. The normalized spacial score (nSPS) is 24.8. The number of benzene rings is 1. The van der Waals surface area contributed by atoms with Crippen LogP contribution in [0.3, 0.4) is 0 Å². The molecule has 0 spiro atoms. The highest BCUT2D eigenvalue weighted by Gasteiger charge is 2.27. The Kier molecular flexibility index (Phi) is 3.25. The summed E-state index contributed by atoms with van der Waals surface area (Å²) in [5.41, 5.74) is -0.701. The topological polar surface area (TPSA) is 21.3 Å². The van der Waals surface area contributed by atoms with E-state index in [0.29, 0.717) is 13.0 Å². The lowest BCUT2D eigenvalue weighted by molar-refractivity contribution is 0.165. The van der Waals surface area contributed by atoms with Gasteiger partial charge >= 0.3 is 0 Å². The molecular weight excluding hydrogens is 243 g/mol. The predicted octanol–water partition coefficient (Wildman–Crippen LogP) is 2.87. The molecule has 16 heavy (non-hydrogen) atoms. The Hall–Kier alpha value is -0.940. The molecular formula is C10H9ClF3NO. The van der Waals surface area contributed by atoms with Crippen molar-refractivity contribution in [1.82, 2.24) is 0 Å². The average molecular weight is 252 g/mol. The van der Waals surface area contributed by atoms with E-state index in [9.17, 15) is 13.2 Å². The lowest BCUT2D eigenvalue weighted by Gasteiger charge is -2.16. The molecule has 0 saturated carbocycles. The van der Waals surface area contributed by atoms with Gasteiger partial charge in [0.15, 0.2) is 23.0 Å². The number of rotatable bonds is 2. The quantitative estimate of drug-likeness (QED) is 0.645. The van der Waals surface area contributed by atoms with Crippen LogP contribution in [0.1, 0.15) is 6.42 Å². The second kappa shape index (κ2) is 4.51. The summed E-state index contributed by atoms with van der Waals surface area (Å²) in [6.07, 6.45) is 0.590. The van der Waals surface area contributed by atoms with Crippen molar-refractivity contribution in [3.05, 3.63) is 29.6 Å². The molecule has 0 aliphatic carbocycles. The van der Waals surface area contributed by atoms with Gasteiger partial charge in [0, 0.05) is 0 Å². The Bertz CT molecular complexity index is 402. The van der Waals surface area contributed by atoms with Gasteiger partial charge in [-0.15, -0.1) is 0 Å². The fourth-order valence-electron chi connectivity index (χ4n) is 1.53. The highest BCUT2D eigenvalue weighted by molar-refractivity contribution is 6.20. The number of hydrogen-bond donors (Lipinski definition) is 1. The first-order valence-electron chi connectivity index (χ1n) is 4.75. The molecule has 1 N–H and O–H groups in total. The van der Waals surface area contributed by atoms with E-state index in [1.807, 2.05) is 0 Å². The summed E-state index contributed by atoms with van der Waals surface area (Å²) in [7, 11) is 0. The summed E-state index contributed by atoms with van der Waals surface area (Å²) in [6, 6.07) is 1.69. The minimum atomic E-state index is -1.49. The van der Waals surface area contributed by atoms with Crippen molar-refractivity contribution in [3.8, 4) is 0 Å². The smallest absolute Gasteiger partial charge is 0.196 e.